The monoisotopic (exact) mass is 257 g/mol. The van der Waals surface area contributed by atoms with E-state index < -0.39 is 18.3 Å². The summed E-state index contributed by atoms with van der Waals surface area (Å²) in [4.78, 5) is 21.2. The van der Waals surface area contributed by atoms with Crippen molar-refractivity contribution in [2.75, 3.05) is 19.9 Å². The molecule has 0 bridgehead atoms. The Morgan fingerprint density at radius 1 is 1.56 bits per heavy atom. The molecule has 1 amide bonds. The predicted molar refractivity (Wildman–Crippen MR) is 61.6 cm³/mol. The van der Waals surface area contributed by atoms with Gasteiger partial charge in [0.1, 0.15) is 12.8 Å². The van der Waals surface area contributed by atoms with Gasteiger partial charge in [0.2, 0.25) is 0 Å². The molecule has 18 heavy (non-hydrogen) atoms. The summed E-state index contributed by atoms with van der Waals surface area (Å²) >= 11 is 0. The molecule has 100 valence electrons. The van der Waals surface area contributed by atoms with Crippen molar-refractivity contribution in [3.05, 3.63) is 0 Å². The maximum atomic E-state index is 11.5. The summed E-state index contributed by atoms with van der Waals surface area (Å²) < 4.78 is 5.24. The van der Waals surface area contributed by atoms with Crippen LogP contribution in [0.5, 0.6) is 0 Å². The van der Waals surface area contributed by atoms with Crippen LogP contribution in [-0.4, -0.2) is 71.6 Å². The molecule has 0 saturated heterocycles. The molecule has 0 aromatic carbocycles. The minimum atomic E-state index is -0.670. The van der Waals surface area contributed by atoms with Crippen molar-refractivity contribution >= 4 is 18.2 Å². The fraction of sp³-hybridized carbons (Fsp3) is 0.667. The van der Waals surface area contributed by atoms with Gasteiger partial charge in [0, 0.05) is 0 Å². The summed E-state index contributed by atoms with van der Waals surface area (Å²) in [6.45, 7) is -0.524. The number of carbonyl (C=O) groups excluding carboxylic acids is 1. The molecule has 0 spiro atoms. The average Bonchev–Trinajstić information content (AvgIpc) is 2.74. The molecule has 2 heterocycles. The molecule has 9 nitrogen and oxygen atoms in total. The molecule has 2 aliphatic heterocycles. The number of ether oxygens (including phenoxy) is 1. The highest BCUT2D eigenvalue weighted by Crippen LogP contribution is 2.17. The van der Waals surface area contributed by atoms with E-state index in [1.807, 2.05) is 0 Å². The van der Waals surface area contributed by atoms with Gasteiger partial charge in [-0.05, 0) is 0 Å². The first-order chi connectivity index (χ1) is 8.65. The summed E-state index contributed by atoms with van der Waals surface area (Å²) in [7, 11) is 0. The quantitative estimate of drug-likeness (QED) is 0.410. The van der Waals surface area contributed by atoms with E-state index in [2.05, 4.69) is 15.3 Å². The first-order valence-electron chi connectivity index (χ1n) is 5.42. The smallest absolute Gasteiger partial charge is 0.255 e. The lowest BCUT2D eigenvalue weighted by molar-refractivity contribution is -0.122. The minimum absolute atomic E-state index is 0.0395. The Balaban J connectivity index is 1.97. The van der Waals surface area contributed by atoms with Crippen LogP contribution < -0.4 is 11.1 Å². The number of hydrogen-bond acceptors (Lipinski definition) is 8. The van der Waals surface area contributed by atoms with E-state index in [0.717, 1.165) is 0 Å². The number of carbonyl (C=O) groups is 1. The maximum absolute atomic E-state index is 11.5. The van der Waals surface area contributed by atoms with Crippen LogP contribution in [0.25, 0.3) is 0 Å². The second-order valence-corrected chi connectivity index (χ2v) is 3.92. The Labute approximate surface area is 103 Å². The third kappa shape index (κ3) is 2.42. The molecule has 0 unspecified atom stereocenters. The second-order valence-electron chi connectivity index (χ2n) is 3.92. The maximum Gasteiger partial charge on any atom is 0.255 e. The lowest BCUT2D eigenvalue weighted by atomic mass is 10.2. The van der Waals surface area contributed by atoms with Crippen LogP contribution in [0, 0.1) is 0 Å². The number of aliphatic hydroxyl groups excluding tert-OH is 2. The van der Waals surface area contributed by atoms with Gasteiger partial charge in [-0.2, -0.15) is 0 Å². The number of nitrogens with two attached hydrogens (primary N) is 1. The Hall–Kier alpha value is -1.71. The molecule has 0 saturated carbocycles. The van der Waals surface area contributed by atoms with Crippen molar-refractivity contribution in [3.8, 4) is 0 Å². The van der Waals surface area contributed by atoms with Crippen LogP contribution in [0.3, 0.4) is 0 Å². The van der Waals surface area contributed by atoms with Gasteiger partial charge in [-0.15, -0.1) is 0 Å². The summed E-state index contributed by atoms with van der Waals surface area (Å²) in [5.41, 5.74) is 5.47. The number of aliphatic imine (C=N–C) groups is 2. The fourth-order valence-corrected chi connectivity index (χ4v) is 1.67. The highest BCUT2D eigenvalue weighted by Gasteiger charge is 2.39. The number of amides is 1. The molecule has 0 aliphatic carbocycles. The number of guanidine groups is 1. The average molecular weight is 257 g/mol. The van der Waals surface area contributed by atoms with Crippen LogP contribution in [-0.2, 0) is 9.53 Å². The normalized spacial score (nSPS) is 26.3. The van der Waals surface area contributed by atoms with E-state index in [1.54, 1.807) is 4.90 Å². The van der Waals surface area contributed by atoms with Crippen molar-refractivity contribution in [1.29, 1.82) is 0 Å². The van der Waals surface area contributed by atoms with Gasteiger partial charge in [0.25, 0.3) is 5.91 Å². The number of nitrogens with zero attached hydrogens (tertiary/aromatic N) is 3. The third-order valence-electron chi connectivity index (χ3n) is 2.66. The van der Waals surface area contributed by atoms with Gasteiger partial charge in [-0.3, -0.25) is 15.1 Å². The number of hydrogen-bond donors (Lipinski definition) is 4. The van der Waals surface area contributed by atoms with Crippen LogP contribution in [0.2, 0.25) is 0 Å². The Morgan fingerprint density at radius 3 is 2.94 bits per heavy atom. The van der Waals surface area contributed by atoms with E-state index in [-0.39, 0.29) is 31.8 Å². The molecule has 2 atom stereocenters. The molecule has 0 aromatic heterocycles. The van der Waals surface area contributed by atoms with Gasteiger partial charge >= 0.3 is 0 Å². The zero-order chi connectivity index (χ0) is 13.1. The largest absolute Gasteiger partial charge is 0.394 e. The second kappa shape index (κ2) is 5.29. The van der Waals surface area contributed by atoms with Crippen molar-refractivity contribution in [2.24, 2.45) is 15.7 Å². The number of fused-ring (bicyclic) bond motifs is 1. The molecule has 2 rings (SSSR count). The van der Waals surface area contributed by atoms with Crippen LogP contribution in [0.1, 0.15) is 0 Å². The fourth-order valence-electron chi connectivity index (χ4n) is 1.67. The standard InChI is InChI=1S/C9H15N5O4/c10-9-12-7-6(8(17)13-9)11-3-14(7)4-18-5(1-15)2-16/h3,5-7,15-16H,1-2,4H2,(H3,10,12,13,17)/t6-,7+/m1/s1. The molecular weight excluding hydrogens is 242 g/mol. The van der Waals surface area contributed by atoms with Gasteiger partial charge < -0.3 is 25.6 Å². The van der Waals surface area contributed by atoms with E-state index in [1.165, 1.54) is 6.34 Å². The minimum Gasteiger partial charge on any atom is -0.394 e. The molecule has 9 heteroatoms. The van der Waals surface area contributed by atoms with Crippen molar-refractivity contribution < 1.29 is 19.7 Å². The molecule has 2 aliphatic rings. The highest BCUT2D eigenvalue weighted by atomic mass is 16.5. The molecule has 0 aromatic rings. The Morgan fingerprint density at radius 2 is 2.28 bits per heavy atom. The summed E-state index contributed by atoms with van der Waals surface area (Å²) in [6.07, 6.45) is 0.246. The molecular formula is C9H15N5O4. The van der Waals surface area contributed by atoms with Crippen LogP contribution >= 0.6 is 0 Å². The molecule has 0 fully saturated rings. The van der Waals surface area contributed by atoms with Crippen LogP contribution in [0.15, 0.2) is 9.98 Å². The van der Waals surface area contributed by atoms with Crippen molar-refractivity contribution in [1.82, 2.24) is 10.2 Å². The first kappa shape index (κ1) is 12.7. The topological polar surface area (TPSA) is 133 Å². The van der Waals surface area contributed by atoms with Gasteiger partial charge in [0.05, 0.1) is 19.6 Å². The van der Waals surface area contributed by atoms with E-state index in [4.69, 9.17) is 20.7 Å². The highest BCUT2D eigenvalue weighted by molar-refractivity contribution is 6.02. The summed E-state index contributed by atoms with van der Waals surface area (Å²) in [6, 6.07) is -0.636. The predicted octanol–water partition coefficient (Wildman–Crippen LogP) is -3.20. The van der Waals surface area contributed by atoms with Gasteiger partial charge in [-0.25, -0.2) is 4.99 Å². The number of rotatable bonds is 5. The van der Waals surface area contributed by atoms with Crippen LogP contribution in [0.4, 0.5) is 0 Å². The van der Waals surface area contributed by atoms with Crippen molar-refractivity contribution in [3.63, 3.8) is 0 Å². The summed E-state index contributed by atoms with van der Waals surface area (Å²) in [5.74, 6) is -0.273. The Bertz CT molecular complexity index is 381. The third-order valence-corrected chi connectivity index (χ3v) is 2.66. The van der Waals surface area contributed by atoms with Gasteiger partial charge in [0.15, 0.2) is 18.2 Å². The van der Waals surface area contributed by atoms with Gasteiger partial charge in [-0.1, -0.05) is 0 Å². The van der Waals surface area contributed by atoms with E-state index >= 15 is 0 Å². The van der Waals surface area contributed by atoms with E-state index in [9.17, 15) is 4.79 Å². The Kier molecular flexibility index (Phi) is 3.75. The molecule has 5 N–H and O–H groups in total. The first-order valence-corrected chi connectivity index (χ1v) is 5.42. The lowest BCUT2D eigenvalue weighted by Gasteiger charge is -2.28. The molecule has 0 radical (unpaired) electrons. The lowest BCUT2D eigenvalue weighted by Crippen LogP contribution is -2.54. The summed E-state index contributed by atoms with van der Waals surface area (Å²) in [5, 5.41) is 20.1. The number of aliphatic hydroxyl groups is 2. The van der Waals surface area contributed by atoms with E-state index in [0.29, 0.717) is 0 Å². The van der Waals surface area contributed by atoms with Crippen molar-refractivity contribution in [2.45, 2.75) is 18.3 Å². The zero-order valence-electron chi connectivity index (χ0n) is 9.56. The zero-order valence-corrected chi connectivity index (χ0v) is 9.56. The SMILES string of the molecule is NC1=N[C@@H]2[C@@H](N=CN2COC(CO)CO)C(=O)N1. The number of nitrogens with one attached hydrogen (secondary N) is 1.